The molecule has 0 aliphatic heterocycles. The van der Waals surface area contributed by atoms with Gasteiger partial charge in [0.1, 0.15) is 0 Å². The van der Waals surface area contributed by atoms with Gasteiger partial charge in [-0.3, -0.25) is 14.9 Å². The van der Waals surface area contributed by atoms with E-state index in [0.717, 1.165) is 52.4 Å². The van der Waals surface area contributed by atoms with Crippen molar-refractivity contribution in [1.82, 2.24) is 30.8 Å². The maximum Gasteiger partial charge on any atom is 0.251 e. The lowest BCUT2D eigenvalue weighted by molar-refractivity contribution is 0.0963. The van der Waals surface area contributed by atoms with Gasteiger partial charge in [0.2, 0.25) is 0 Å². The number of anilines is 2. The number of carbonyl (C=O) groups is 1. The van der Waals surface area contributed by atoms with Gasteiger partial charge >= 0.3 is 0 Å². The minimum Gasteiger partial charge on any atom is -0.355 e. The van der Waals surface area contributed by atoms with Crippen LogP contribution in [0.5, 0.6) is 0 Å². The third-order valence-corrected chi connectivity index (χ3v) is 5.48. The highest BCUT2D eigenvalue weighted by molar-refractivity contribution is 5.95. The Hall–Kier alpha value is -3.78. The highest BCUT2D eigenvalue weighted by atomic mass is 16.1. The molecule has 8 nitrogen and oxygen atoms in total. The van der Waals surface area contributed by atoms with Crippen molar-refractivity contribution in [3.8, 4) is 11.3 Å². The molecule has 4 aromatic rings. The zero-order valence-corrected chi connectivity index (χ0v) is 19.4. The number of carbonyl (C=O) groups excluding carboxylic acids is 1. The molecule has 2 aromatic heterocycles. The third-order valence-electron chi connectivity index (χ3n) is 5.48. The van der Waals surface area contributed by atoms with Crippen LogP contribution in [0.3, 0.4) is 0 Å². The second kappa shape index (κ2) is 9.79. The van der Waals surface area contributed by atoms with Crippen molar-refractivity contribution < 1.29 is 4.79 Å². The van der Waals surface area contributed by atoms with Gasteiger partial charge in [-0.1, -0.05) is 19.9 Å². The van der Waals surface area contributed by atoms with Crippen molar-refractivity contribution in [3.63, 3.8) is 0 Å². The van der Waals surface area contributed by atoms with Crippen LogP contribution in [0.1, 0.15) is 29.9 Å². The molecule has 8 heteroatoms. The summed E-state index contributed by atoms with van der Waals surface area (Å²) in [4.78, 5) is 23.9. The number of nitrogens with one attached hydrogen (secondary N) is 3. The first kappa shape index (κ1) is 22.4. The fourth-order valence-electron chi connectivity index (χ4n) is 3.74. The number of hydrogen-bond acceptors (Lipinski definition) is 6. The molecule has 0 aliphatic carbocycles. The van der Waals surface area contributed by atoms with Gasteiger partial charge in [0.25, 0.3) is 5.91 Å². The highest BCUT2D eigenvalue weighted by Crippen LogP contribution is 2.29. The zero-order valence-electron chi connectivity index (χ0n) is 19.4. The van der Waals surface area contributed by atoms with Crippen molar-refractivity contribution in [2.45, 2.75) is 26.8 Å². The van der Waals surface area contributed by atoms with Crippen LogP contribution in [0.2, 0.25) is 0 Å². The van der Waals surface area contributed by atoms with Gasteiger partial charge in [0.05, 0.1) is 29.1 Å². The average Bonchev–Trinajstić information content (AvgIpc) is 3.26. The molecule has 2 heterocycles. The van der Waals surface area contributed by atoms with E-state index in [4.69, 9.17) is 4.98 Å². The second-order valence-electron chi connectivity index (χ2n) is 8.23. The average molecular weight is 444 g/mol. The number of benzene rings is 2. The number of amides is 1. The van der Waals surface area contributed by atoms with Gasteiger partial charge in [-0.2, -0.15) is 5.10 Å². The Kier molecular flexibility index (Phi) is 6.65. The van der Waals surface area contributed by atoms with Gasteiger partial charge in [-0.05, 0) is 43.3 Å². The molecule has 33 heavy (non-hydrogen) atoms. The Morgan fingerprint density at radius 1 is 1.09 bits per heavy atom. The summed E-state index contributed by atoms with van der Waals surface area (Å²) in [6.07, 6.45) is 3.54. The van der Waals surface area contributed by atoms with Crippen molar-refractivity contribution in [1.29, 1.82) is 0 Å². The molecule has 0 atom stereocenters. The normalized spacial score (nSPS) is 11.2. The molecule has 4 rings (SSSR count). The maximum atomic E-state index is 12.2. The summed E-state index contributed by atoms with van der Waals surface area (Å²) >= 11 is 0. The number of aryl methyl sites for hydroxylation is 1. The summed E-state index contributed by atoms with van der Waals surface area (Å²) in [5, 5.41) is 13.2. The van der Waals surface area contributed by atoms with Crippen LogP contribution in [0.4, 0.5) is 11.4 Å². The maximum absolute atomic E-state index is 12.2. The molecule has 0 radical (unpaired) electrons. The number of aromatic amines is 1. The van der Waals surface area contributed by atoms with Crippen molar-refractivity contribution in [2.24, 2.45) is 0 Å². The lowest BCUT2D eigenvalue weighted by Crippen LogP contribution is -2.32. The summed E-state index contributed by atoms with van der Waals surface area (Å²) in [7, 11) is 1.64. The highest BCUT2D eigenvalue weighted by Gasteiger charge is 2.14. The number of fused-ring (bicyclic) bond motifs is 1. The lowest BCUT2D eigenvalue weighted by atomic mass is 10.1. The van der Waals surface area contributed by atoms with Gasteiger partial charge < -0.3 is 15.5 Å². The Morgan fingerprint density at radius 2 is 1.91 bits per heavy atom. The predicted molar refractivity (Wildman–Crippen MR) is 132 cm³/mol. The van der Waals surface area contributed by atoms with E-state index in [1.165, 1.54) is 0 Å². The van der Waals surface area contributed by atoms with Gasteiger partial charge in [0, 0.05) is 54.4 Å². The Bertz CT molecular complexity index is 1260. The van der Waals surface area contributed by atoms with Crippen LogP contribution in [0, 0.1) is 6.92 Å². The zero-order chi connectivity index (χ0) is 23.4. The summed E-state index contributed by atoms with van der Waals surface area (Å²) in [5.74, 6) is -0.110. The first-order valence-corrected chi connectivity index (χ1v) is 11.1. The standard InChI is InChI=1S/C25H29N7O/c1-16(2)27-10-11-32(19-7-5-6-18(12-19)25(33)26-4)20-8-9-22-23(13-20)30-24(15-28-22)21-14-29-31-17(21)3/h5-9,12-16,27H,10-11H2,1-4H3,(H,26,33)(H,29,31). The Balaban J connectivity index is 1.74. The van der Waals surface area contributed by atoms with E-state index >= 15 is 0 Å². The van der Waals surface area contributed by atoms with E-state index in [2.05, 4.69) is 44.6 Å². The minimum atomic E-state index is -0.110. The number of nitrogens with zero attached hydrogens (tertiary/aromatic N) is 4. The molecule has 2 aromatic carbocycles. The monoisotopic (exact) mass is 443 g/mol. The van der Waals surface area contributed by atoms with Gasteiger partial charge in [-0.25, -0.2) is 4.98 Å². The van der Waals surface area contributed by atoms with E-state index in [9.17, 15) is 4.79 Å². The number of hydrogen-bond donors (Lipinski definition) is 3. The SMILES string of the molecule is CNC(=O)c1cccc(N(CCNC(C)C)c2ccc3ncc(-c4cn[nH]c4C)nc3c2)c1. The molecular formula is C25H29N7O. The van der Waals surface area contributed by atoms with Crippen LogP contribution in [-0.2, 0) is 0 Å². The molecule has 0 saturated heterocycles. The fourth-order valence-corrected chi connectivity index (χ4v) is 3.74. The largest absolute Gasteiger partial charge is 0.355 e. The van der Waals surface area contributed by atoms with Crippen molar-refractivity contribution in [3.05, 3.63) is 66.1 Å². The van der Waals surface area contributed by atoms with Gasteiger partial charge in [-0.15, -0.1) is 0 Å². The molecule has 0 unspecified atom stereocenters. The van der Waals surface area contributed by atoms with Crippen LogP contribution >= 0.6 is 0 Å². The smallest absolute Gasteiger partial charge is 0.251 e. The van der Waals surface area contributed by atoms with Crippen LogP contribution < -0.4 is 15.5 Å². The van der Waals surface area contributed by atoms with Crippen LogP contribution in [0.25, 0.3) is 22.3 Å². The minimum absolute atomic E-state index is 0.110. The van der Waals surface area contributed by atoms with E-state index < -0.39 is 0 Å². The molecule has 0 bridgehead atoms. The molecule has 0 fully saturated rings. The predicted octanol–water partition coefficient (Wildman–Crippen LogP) is 3.82. The van der Waals surface area contributed by atoms with Gasteiger partial charge in [0.15, 0.2) is 0 Å². The van der Waals surface area contributed by atoms with E-state index in [1.807, 2.05) is 49.4 Å². The Morgan fingerprint density at radius 3 is 2.64 bits per heavy atom. The van der Waals surface area contributed by atoms with E-state index in [-0.39, 0.29) is 5.91 Å². The van der Waals surface area contributed by atoms with Crippen molar-refractivity contribution in [2.75, 3.05) is 25.0 Å². The fraction of sp³-hybridized carbons (Fsp3) is 0.280. The van der Waals surface area contributed by atoms with E-state index in [1.54, 1.807) is 19.4 Å². The Labute approximate surface area is 193 Å². The summed E-state index contributed by atoms with van der Waals surface area (Å²) in [6, 6.07) is 14.1. The molecular weight excluding hydrogens is 414 g/mol. The lowest BCUT2D eigenvalue weighted by Gasteiger charge is -2.26. The number of aromatic nitrogens is 4. The quantitative estimate of drug-likeness (QED) is 0.383. The summed E-state index contributed by atoms with van der Waals surface area (Å²) in [5.41, 5.74) is 6.83. The number of rotatable bonds is 8. The van der Waals surface area contributed by atoms with E-state index in [0.29, 0.717) is 11.6 Å². The summed E-state index contributed by atoms with van der Waals surface area (Å²) < 4.78 is 0. The van der Waals surface area contributed by atoms with Crippen LogP contribution in [-0.4, -0.2) is 52.3 Å². The molecule has 0 saturated carbocycles. The number of H-pyrrole nitrogens is 1. The summed E-state index contributed by atoms with van der Waals surface area (Å²) in [6.45, 7) is 7.74. The molecule has 1 amide bonds. The third kappa shape index (κ3) is 5.01. The first-order chi connectivity index (χ1) is 16.0. The molecule has 170 valence electrons. The molecule has 0 spiro atoms. The molecule has 3 N–H and O–H groups in total. The molecule has 0 aliphatic rings. The first-order valence-electron chi connectivity index (χ1n) is 11.1. The second-order valence-corrected chi connectivity index (χ2v) is 8.23. The van der Waals surface area contributed by atoms with Crippen molar-refractivity contribution >= 4 is 28.3 Å². The topological polar surface area (TPSA) is 98.8 Å². The van der Waals surface area contributed by atoms with Crippen LogP contribution in [0.15, 0.2) is 54.9 Å².